The van der Waals surface area contributed by atoms with Crippen molar-refractivity contribution in [1.82, 2.24) is 19.6 Å². The monoisotopic (exact) mass is 198 g/mol. The molecule has 0 spiro atoms. The van der Waals surface area contributed by atoms with E-state index in [1.165, 1.54) is 0 Å². The van der Waals surface area contributed by atoms with Crippen molar-refractivity contribution in [2.75, 3.05) is 53.5 Å². The molecule has 3 heterocycles. The summed E-state index contributed by atoms with van der Waals surface area (Å²) in [4.78, 5) is 9.77. The number of ether oxygens (including phenoxy) is 1. The molecule has 0 aromatic heterocycles. The first-order chi connectivity index (χ1) is 6.79. The fraction of sp³-hybridized carbons (Fsp3) is 1.00. The van der Waals surface area contributed by atoms with Crippen molar-refractivity contribution >= 4 is 0 Å². The molecule has 80 valence electrons. The average molecular weight is 198 g/mol. The molecule has 3 aliphatic heterocycles. The molecule has 3 aliphatic rings. The van der Waals surface area contributed by atoms with Gasteiger partial charge in [0.1, 0.15) is 0 Å². The smallest absolute Gasteiger partial charge is 0.0937 e. The lowest BCUT2D eigenvalue weighted by atomic mass is 10.4. The largest absolute Gasteiger partial charge is 0.372 e. The second-order valence-corrected chi connectivity index (χ2v) is 4.71. The van der Waals surface area contributed by atoms with Gasteiger partial charge in [-0.05, 0) is 7.05 Å². The first-order valence-electron chi connectivity index (χ1n) is 5.27. The molecule has 0 radical (unpaired) electrons. The van der Waals surface area contributed by atoms with E-state index in [1.807, 2.05) is 0 Å². The minimum Gasteiger partial charge on any atom is -0.372 e. The number of fused-ring (bicyclic) bond motifs is 2. The highest BCUT2D eigenvalue weighted by molar-refractivity contribution is 4.79. The summed E-state index contributed by atoms with van der Waals surface area (Å²) in [6, 6.07) is 0. The molecule has 0 N–H and O–H groups in total. The van der Waals surface area contributed by atoms with Gasteiger partial charge in [0.05, 0.1) is 46.1 Å². The zero-order valence-corrected chi connectivity index (χ0v) is 8.72. The van der Waals surface area contributed by atoms with Gasteiger partial charge in [-0.25, -0.2) is 0 Å². The molecule has 0 amide bonds. The third-order valence-corrected chi connectivity index (χ3v) is 2.95. The van der Waals surface area contributed by atoms with Crippen LogP contribution in [0.1, 0.15) is 0 Å². The van der Waals surface area contributed by atoms with Gasteiger partial charge in [0.15, 0.2) is 0 Å². The summed E-state index contributed by atoms with van der Waals surface area (Å²) in [5.41, 5.74) is 0. The van der Waals surface area contributed by atoms with E-state index < -0.39 is 0 Å². The Kier molecular flexibility index (Phi) is 2.22. The SMILES string of the molecule is CN1CN2CN(CC3CO3)CN(C1)C2. The molecule has 3 saturated heterocycles. The molecular weight excluding hydrogens is 180 g/mol. The van der Waals surface area contributed by atoms with E-state index in [-0.39, 0.29) is 0 Å². The van der Waals surface area contributed by atoms with Gasteiger partial charge >= 0.3 is 0 Å². The molecule has 5 heteroatoms. The van der Waals surface area contributed by atoms with Crippen LogP contribution in [0.2, 0.25) is 0 Å². The van der Waals surface area contributed by atoms with Gasteiger partial charge in [0.2, 0.25) is 0 Å². The highest BCUT2D eigenvalue weighted by Crippen LogP contribution is 2.17. The Labute approximate surface area is 84.8 Å². The minimum absolute atomic E-state index is 0.522. The van der Waals surface area contributed by atoms with Crippen molar-refractivity contribution in [2.45, 2.75) is 6.10 Å². The van der Waals surface area contributed by atoms with Crippen molar-refractivity contribution < 1.29 is 4.74 Å². The Morgan fingerprint density at radius 3 is 2.29 bits per heavy atom. The minimum atomic E-state index is 0.522. The lowest BCUT2D eigenvalue weighted by Gasteiger charge is -2.48. The number of nitrogens with zero attached hydrogens (tertiary/aromatic N) is 4. The van der Waals surface area contributed by atoms with Crippen LogP contribution in [0.4, 0.5) is 0 Å². The highest BCUT2D eigenvalue weighted by Gasteiger charge is 2.32. The summed E-state index contributed by atoms with van der Waals surface area (Å²) < 4.78 is 5.27. The molecule has 5 nitrogen and oxygen atoms in total. The summed E-state index contributed by atoms with van der Waals surface area (Å²) in [5.74, 6) is 0. The number of hydrogen-bond acceptors (Lipinski definition) is 5. The first kappa shape index (κ1) is 9.06. The lowest BCUT2D eigenvalue weighted by molar-refractivity contribution is -0.114. The van der Waals surface area contributed by atoms with Crippen LogP contribution in [-0.2, 0) is 4.74 Å². The topological polar surface area (TPSA) is 25.5 Å². The summed E-state index contributed by atoms with van der Waals surface area (Å²) in [6.45, 7) is 7.60. The summed E-state index contributed by atoms with van der Waals surface area (Å²) in [6.07, 6.45) is 0.522. The number of epoxide rings is 1. The Morgan fingerprint density at radius 1 is 1.07 bits per heavy atom. The van der Waals surface area contributed by atoms with Gasteiger partial charge in [-0.2, -0.15) is 0 Å². The average Bonchev–Trinajstić information content (AvgIpc) is 2.85. The van der Waals surface area contributed by atoms with Crippen LogP contribution in [0.25, 0.3) is 0 Å². The molecule has 0 aromatic rings. The maximum atomic E-state index is 5.27. The van der Waals surface area contributed by atoms with Crippen molar-refractivity contribution in [3.05, 3.63) is 0 Å². The van der Waals surface area contributed by atoms with Crippen LogP contribution in [0, 0.1) is 0 Å². The van der Waals surface area contributed by atoms with Gasteiger partial charge in [0.25, 0.3) is 0 Å². The van der Waals surface area contributed by atoms with Crippen molar-refractivity contribution in [2.24, 2.45) is 0 Å². The van der Waals surface area contributed by atoms with Crippen LogP contribution in [0.5, 0.6) is 0 Å². The summed E-state index contributed by atoms with van der Waals surface area (Å²) >= 11 is 0. The molecule has 0 saturated carbocycles. The van der Waals surface area contributed by atoms with E-state index in [9.17, 15) is 0 Å². The second-order valence-electron chi connectivity index (χ2n) is 4.71. The van der Waals surface area contributed by atoms with Crippen LogP contribution in [0.3, 0.4) is 0 Å². The Morgan fingerprint density at radius 2 is 1.71 bits per heavy atom. The van der Waals surface area contributed by atoms with Crippen molar-refractivity contribution in [3.8, 4) is 0 Å². The number of hydrogen-bond donors (Lipinski definition) is 0. The predicted molar refractivity (Wildman–Crippen MR) is 52.2 cm³/mol. The second kappa shape index (κ2) is 3.43. The van der Waals surface area contributed by atoms with E-state index in [0.717, 1.165) is 46.5 Å². The predicted octanol–water partition coefficient (Wildman–Crippen LogP) is -0.962. The van der Waals surface area contributed by atoms with E-state index in [0.29, 0.717) is 6.10 Å². The molecule has 3 rings (SSSR count). The quantitative estimate of drug-likeness (QED) is 0.532. The normalized spacial score (nSPS) is 43.9. The lowest BCUT2D eigenvalue weighted by Crippen LogP contribution is -2.63. The zero-order valence-electron chi connectivity index (χ0n) is 8.72. The third kappa shape index (κ3) is 1.92. The standard InChI is InChI=1S/C9H18N4O/c1-10-4-12-6-11(2-9-3-14-9)7-13(5-10)8-12/h9H,2-8H2,1H3. The maximum Gasteiger partial charge on any atom is 0.0937 e. The van der Waals surface area contributed by atoms with Gasteiger partial charge in [-0.3, -0.25) is 19.6 Å². The van der Waals surface area contributed by atoms with Gasteiger partial charge in [-0.1, -0.05) is 0 Å². The number of rotatable bonds is 2. The highest BCUT2D eigenvalue weighted by atomic mass is 16.6. The van der Waals surface area contributed by atoms with E-state index in [2.05, 4.69) is 26.6 Å². The molecule has 3 fully saturated rings. The van der Waals surface area contributed by atoms with Gasteiger partial charge in [-0.15, -0.1) is 0 Å². The molecule has 3 atom stereocenters. The van der Waals surface area contributed by atoms with Crippen molar-refractivity contribution in [3.63, 3.8) is 0 Å². The molecular formula is C9H18N4O. The summed E-state index contributed by atoms with van der Waals surface area (Å²) in [7, 11) is 2.18. The van der Waals surface area contributed by atoms with Gasteiger partial charge in [0, 0.05) is 6.54 Å². The Balaban J connectivity index is 1.58. The van der Waals surface area contributed by atoms with E-state index in [4.69, 9.17) is 4.74 Å². The molecule has 14 heavy (non-hydrogen) atoms. The fourth-order valence-electron chi connectivity index (χ4n) is 2.47. The van der Waals surface area contributed by atoms with Crippen LogP contribution >= 0.6 is 0 Å². The maximum absolute atomic E-state index is 5.27. The molecule has 3 unspecified atom stereocenters. The fourth-order valence-corrected chi connectivity index (χ4v) is 2.47. The van der Waals surface area contributed by atoms with E-state index in [1.54, 1.807) is 0 Å². The third-order valence-electron chi connectivity index (χ3n) is 2.95. The Bertz CT molecular complexity index is 203. The van der Waals surface area contributed by atoms with Crippen LogP contribution in [-0.4, -0.2) is 79.2 Å². The van der Waals surface area contributed by atoms with E-state index >= 15 is 0 Å². The van der Waals surface area contributed by atoms with Crippen molar-refractivity contribution in [1.29, 1.82) is 0 Å². The Hall–Kier alpha value is -0.200. The summed E-state index contributed by atoms with van der Waals surface area (Å²) in [5, 5.41) is 0. The molecule has 0 aromatic carbocycles. The van der Waals surface area contributed by atoms with Crippen LogP contribution in [0.15, 0.2) is 0 Å². The molecule has 2 bridgehead atoms. The van der Waals surface area contributed by atoms with Gasteiger partial charge < -0.3 is 4.74 Å². The van der Waals surface area contributed by atoms with Crippen LogP contribution < -0.4 is 0 Å². The molecule has 0 aliphatic carbocycles. The first-order valence-corrected chi connectivity index (χ1v) is 5.27. The zero-order chi connectivity index (χ0) is 9.54.